The lowest BCUT2D eigenvalue weighted by atomic mass is 10.1. The maximum Gasteiger partial charge on any atom is 0.313 e. The van der Waals surface area contributed by atoms with E-state index >= 15 is 0 Å². The van der Waals surface area contributed by atoms with Gasteiger partial charge in [-0.2, -0.15) is 0 Å². The van der Waals surface area contributed by atoms with Crippen LogP contribution < -0.4 is 4.74 Å². The molecule has 3 heteroatoms. The van der Waals surface area contributed by atoms with Gasteiger partial charge in [0.2, 0.25) is 0 Å². The summed E-state index contributed by atoms with van der Waals surface area (Å²) in [5.41, 5.74) is 0. The molecule has 1 N–H and O–H groups in total. The van der Waals surface area contributed by atoms with Crippen LogP contribution in [-0.2, 0) is 4.79 Å². The number of hydrogen-bond donors (Lipinski definition) is 1. The van der Waals surface area contributed by atoms with Crippen LogP contribution in [0, 0.1) is 5.92 Å². The van der Waals surface area contributed by atoms with Gasteiger partial charge in [0, 0.05) is 0 Å². The Morgan fingerprint density at radius 3 is 2.53 bits per heavy atom. The summed E-state index contributed by atoms with van der Waals surface area (Å²) in [6.45, 7) is 3.57. The summed E-state index contributed by atoms with van der Waals surface area (Å²) >= 11 is 0. The normalized spacial score (nSPS) is 10.8. The second-order valence-electron chi connectivity index (χ2n) is 4.27. The number of esters is 1. The number of carbonyl (C=O) groups excluding carboxylic acids is 1. The molecule has 2 aromatic carbocycles. The van der Waals surface area contributed by atoms with E-state index in [1.54, 1.807) is 38.1 Å². The maximum atomic E-state index is 11.4. The van der Waals surface area contributed by atoms with E-state index in [1.807, 2.05) is 12.1 Å². The Balaban J connectivity index is 2.34. The molecule has 0 heterocycles. The van der Waals surface area contributed by atoms with Crippen LogP contribution in [0.2, 0.25) is 0 Å². The Hall–Kier alpha value is -2.03. The molecule has 0 unspecified atom stereocenters. The van der Waals surface area contributed by atoms with Gasteiger partial charge in [-0.25, -0.2) is 0 Å². The number of phenols is 1. The Labute approximate surface area is 99.6 Å². The summed E-state index contributed by atoms with van der Waals surface area (Å²) < 4.78 is 5.20. The molecule has 2 rings (SSSR count). The van der Waals surface area contributed by atoms with E-state index in [9.17, 15) is 9.90 Å². The average molecular weight is 230 g/mol. The van der Waals surface area contributed by atoms with Gasteiger partial charge in [-0.15, -0.1) is 0 Å². The first kappa shape index (κ1) is 11.5. The van der Waals surface area contributed by atoms with Crippen LogP contribution in [0.15, 0.2) is 36.4 Å². The third kappa shape index (κ3) is 2.56. The Morgan fingerprint density at radius 2 is 1.82 bits per heavy atom. The molecule has 0 aliphatic heterocycles. The lowest BCUT2D eigenvalue weighted by Gasteiger charge is -2.07. The van der Waals surface area contributed by atoms with E-state index in [-0.39, 0.29) is 17.6 Å². The van der Waals surface area contributed by atoms with Crippen molar-refractivity contribution in [1.29, 1.82) is 0 Å². The quantitative estimate of drug-likeness (QED) is 0.637. The molecule has 0 aromatic heterocycles. The van der Waals surface area contributed by atoms with Crippen molar-refractivity contribution >= 4 is 16.7 Å². The summed E-state index contributed by atoms with van der Waals surface area (Å²) in [5.74, 6) is 0.283. The van der Waals surface area contributed by atoms with Crippen molar-refractivity contribution in [2.24, 2.45) is 5.92 Å². The summed E-state index contributed by atoms with van der Waals surface area (Å²) in [6, 6.07) is 10.4. The van der Waals surface area contributed by atoms with Gasteiger partial charge in [0.25, 0.3) is 0 Å². The van der Waals surface area contributed by atoms with Crippen LogP contribution in [0.4, 0.5) is 0 Å². The summed E-state index contributed by atoms with van der Waals surface area (Å²) in [5, 5.41) is 11.2. The van der Waals surface area contributed by atoms with Crippen molar-refractivity contribution in [1.82, 2.24) is 0 Å². The van der Waals surface area contributed by atoms with Crippen molar-refractivity contribution < 1.29 is 14.6 Å². The fraction of sp³-hybridized carbons (Fsp3) is 0.214. The molecular weight excluding hydrogens is 216 g/mol. The van der Waals surface area contributed by atoms with E-state index in [2.05, 4.69) is 0 Å². The first-order valence-electron chi connectivity index (χ1n) is 5.51. The number of aromatic hydroxyl groups is 1. The molecule has 0 fully saturated rings. The molecule has 0 atom stereocenters. The number of benzene rings is 2. The lowest BCUT2D eigenvalue weighted by molar-refractivity contribution is -0.137. The van der Waals surface area contributed by atoms with E-state index < -0.39 is 0 Å². The van der Waals surface area contributed by atoms with Crippen molar-refractivity contribution in [2.45, 2.75) is 13.8 Å². The van der Waals surface area contributed by atoms with Crippen LogP contribution in [-0.4, -0.2) is 11.1 Å². The molecule has 0 amide bonds. The number of carbonyl (C=O) groups is 1. The number of phenolic OH excluding ortho intramolecular Hbond substituents is 1. The number of fused-ring (bicyclic) bond motifs is 1. The summed E-state index contributed by atoms with van der Waals surface area (Å²) in [4.78, 5) is 11.4. The number of rotatable bonds is 2. The molecule has 0 radical (unpaired) electrons. The Bertz CT molecular complexity index is 558. The van der Waals surface area contributed by atoms with Gasteiger partial charge >= 0.3 is 5.97 Å². The molecule has 3 nitrogen and oxygen atoms in total. The monoisotopic (exact) mass is 230 g/mol. The highest BCUT2D eigenvalue weighted by Crippen LogP contribution is 2.24. The molecule has 0 saturated carbocycles. The largest absolute Gasteiger partial charge is 0.508 e. The zero-order valence-corrected chi connectivity index (χ0v) is 9.81. The van der Waals surface area contributed by atoms with Crippen molar-refractivity contribution in [3.63, 3.8) is 0 Å². The number of hydrogen-bond acceptors (Lipinski definition) is 3. The zero-order valence-electron chi connectivity index (χ0n) is 9.81. The highest BCUT2D eigenvalue weighted by Gasteiger charge is 2.09. The molecule has 0 aliphatic carbocycles. The minimum Gasteiger partial charge on any atom is -0.508 e. The predicted octanol–water partition coefficient (Wildman–Crippen LogP) is 3.11. The first-order chi connectivity index (χ1) is 8.06. The van der Waals surface area contributed by atoms with Gasteiger partial charge in [0.15, 0.2) is 0 Å². The van der Waals surface area contributed by atoms with Crippen LogP contribution in [0.5, 0.6) is 11.5 Å². The molecule has 0 aliphatic rings. The van der Waals surface area contributed by atoms with Crippen LogP contribution in [0.25, 0.3) is 10.8 Å². The Kier molecular flexibility index (Phi) is 3.00. The maximum absolute atomic E-state index is 11.4. The molecule has 88 valence electrons. The van der Waals surface area contributed by atoms with Gasteiger partial charge in [-0.1, -0.05) is 26.0 Å². The SMILES string of the molecule is CC(C)C(=O)Oc1ccc2ccc(O)cc2c1. The Morgan fingerprint density at radius 1 is 1.12 bits per heavy atom. The fourth-order valence-corrected chi connectivity index (χ4v) is 1.51. The van der Waals surface area contributed by atoms with Gasteiger partial charge in [-0.3, -0.25) is 4.79 Å². The first-order valence-corrected chi connectivity index (χ1v) is 5.51. The third-order valence-corrected chi connectivity index (χ3v) is 2.49. The second-order valence-corrected chi connectivity index (χ2v) is 4.27. The van der Waals surface area contributed by atoms with Crippen molar-refractivity contribution in [3.8, 4) is 11.5 Å². The summed E-state index contributed by atoms with van der Waals surface area (Å²) in [6.07, 6.45) is 0. The predicted molar refractivity (Wildman–Crippen MR) is 66.1 cm³/mol. The number of ether oxygens (including phenoxy) is 1. The van der Waals surface area contributed by atoms with Crippen molar-refractivity contribution in [2.75, 3.05) is 0 Å². The van der Waals surface area contributed by atoms with Gasteiger partial charge < -0.3 is 9.84 Å². The minimum absolute atomic E-state index is 0.158. The molecule has 0 spiro atoms. The van der Waals surface area contributed by atoms with Crippen molar-refractivity contribution in [3.05, 3.63) is 36.4 Å². The van der Waals surface area contributed by atoms with Crippen LogP contribution in [0.1, 0.15) is 13.8 Å². The lowest BCUT2D eigenvalue weighted by Crippen LogP contribution is -2.14. The highest BCUT2D eigenvalue weighted by atomic mass is 16.5. The third-order valence-electron chi connectivity index (χ3n) is 2.49. The van der Waals surface area contributed by atoms with E-state index in [0.29, 0.717) is 5.75 Å². The highest BCUT2D eigenvalue weighted by molar-refractivity contribution is 5.86. The molecule has 2 aromatic rings. The van der Waals surface area contributed by atoms with E-state index in [4.69, 9.17) is 4.74 Å². The second kappa shape index (κ2) is 4.45. The minimum atomic E-state index is -0.260. The van der Waals surface area contributed by atoms with Crippen LogP contribution in [0.3, 0.4) is 0 Å². The zero-order chi connectivity index (χ0) is 12.4. The summed E-state index contributed by atoms with van der Waals surface area (Å²) in [7, 11) is 0. The molecular formula is C14H14O3. The van der Waals surface area contributed by atoms with E-state index in [0.717, 1.165) is 10.8 Å². The average Bonchev–Trinajstić information content (AvgIpc) is 2.28. The molecule has 17 heavy (non-hydrogen) atoms. The van der Waals surface area contributed by atoms with Gasteiger partial charge in [0.05, 0.1) is 5.92 Å². The molecule has 0 bridgehead atoms. The fourth-order valence-electron chi connectivity index (χ4n) is 1.51. The van der Waals surface area contributed by atoms with Gasteiger partial charge in [0.1, 0.15) is 11.5 Å². The van der Waals surface area contributed by atoms with E-state index in [1.165, 1.54) is 0 Å². The molecule has 0 saturated heterocycles. The standard InChI is InChI=1S/C14H14O3/c1-9(2)14(16)17-13-6-4-10-3-5-12(15)7-11(10)8-13/h3-9,15H,1-2H3. The smallest absolute Gasteiger partial charge is 0.313 e. The topological polar surface area (TPSA) is 46.5 Å². The van der Waals surface area contributed by atoms with Gasteiger partial charge in [-0.05, 0) is 35.0 Å². The van der Waals surface area contributed by atoms with Crippen LogP contribution >= 0.6 is 0 Å².